The van der Waals surface area contributed by atoms with Gasteiger partial charge in [0, 0.05) is 24.8 Å². The van der Waals surface area contributed by atoms with Gasteiger partial charge in [0.05, 0.1) is 27.9 Å². The predicted octanol–water partition coefficient (Wildman–Crippen LogP) is 6.60. The number of hydrogen-bond donors (Lipinski definition) is 0. The van der Waals surface area contributed by atoms with Crippen molar-refractivity contribution >= 4 is 40.7 Å². The maximum Gasteiger partial charge on any atom is 0.416 e. The molecular formula is C20H19Cl2F3N2. The molecule has 1 aliphatic rings. The summed E-state index contributed by atoms with van der Waals surface area (Å²) in [5, 5.41) is 0.855. The number of allylic oxidation sites excluding steroid dienone is 1. The number of anilines is 1. The Morgan fingerprint density at radius 2 is 1.78 bits per heavy atom. The molecule has 0 N–H and O–H groups in total. The molecule has 0 amide bonds. The zero-order chi connectivity index (χ0) is 18.9. The van der Waals surface area contributed by atoms with Crippen molar-refractivity contribution in [1.29, 1.82) is 0 Å². The van der Waals surface area contributed by atoms with Gasteiger partial charge in [0.25, 0.3) is 0 Å². The number of benzodiazepines with no additional fused rings is 1. The van der Waals surface area contributed by atoms with E-state index in [-0.39, 0.29) is 7.43 Å². The normalized spacial score (nSPS) is 14.4. The van der Waals surface area contributed by atoms with E-state index in [2.05, 4.69) is 4.99 Å². The fourth-order valence-corrected chi connectivity index (χ4v) is 3.02. The third-order valence-electron chi connectivity index (χ3n) is 4.11. The summed E-state index contributed by atoms with van der Waals surface area (Å²) in [6.07, 6.45) is -0.938. The van der Waals surface area contributed by atoms with Crippen LogP contribution in [0.5, 0.6) is 0 Å². The number of benzene rings is 2. The third-order valence-corrected chi connectivity index (χ3v) is 4.84. The van der Waals surface area contributed by atoms with Gasteiger partial charge < -0.3 is 4.90 Å². The summed E-state index contributed by atoms with van der Waals surface area (Å²) in [4.78, 5) is 6.36. The summed E-state index contributed by atoms with van der Waals surface area (Å²) in [5.41, 5.74) is 1.76. The highest BCUT2D eigenvalue weighted by atomic mass is 35.5. The first-order valence-electron chi connectivity index (χ1n) is 7.86. The second-order valence-corrected chi connectivity index (χ2v) is 6.74. The molecule has 0 aromatic heterocycles. The van der Waals surface area contributed by atoms with Gasteiger partial charge in [0.2, 0.25) is 0 Å². The SMILES string of the molecule is C.CN1CCN=C(/C=C/c2ccc(Cl)c(Cl)c2)c2cc(C(F)(F)F)ccc21. The second-order valence-electron chi connectivity index (χ2n) is 5.93. The van der Waals surface area contributed by atoms with Crippen LogP contribution in [-0.2, 0) is 6.18 Å². The minimum Gasteiger partial charge on any atom is -0.372 e. The monoisotopic (exact) mass is 414 g/mol. The van der Waals surface area contributed by atoms with Crippen LogP contribution in [0.4, 0.5) is 18.9 Å². The lowest BCUT2D eigenvalue weighted by Crippen LogP contribution is -2.20. The van der Waals surface area contributed by atoms with E-state index in [0.29, 0.717) is 40.1 Å². The molecule has 0 unspecified atom stereocenters. The Bertz CT molecular complexity index is 889. The van der Waals surface area contributed by atoms with Crippen LogP contribution >= 0.6 is 23.2 Å². The van der Waals surface area contributed by atoms with Crippen molar-refractivity contribution in [3.8, 4) is 0 Å². The van der Waals surface area contributed by atoms with E-state index in [1.165, 1.54) is 6.07 Å². The lowest BCUT2D eigenvalue weighted by Gasteiger charge is -2.20. The zero-order valence-electron chi connectivity index (χ0n) is 13.8. The van der Waals surface area contributed by atoms with Gasteiger partial charge in [-0.1, -0.05) is 42.8 Å². The lowest BCUT2D eigenvalue weighted by atomic mass is 10.0. The maximum atomic E-state index is 13.1. The molecule has 0 fully saturated rings. The second kappa shape index (κ2) is 8.36. The van der Waals surface area contributed by atoms with E-state index in [1.54, 1.807) is 30.4 Å². The highest BCUT2D eigenvalue weighted by Gasteiger charge is 2.32. The maximum absolute atomic E-state index is 13.1. The van der Waals surface area contributed by atoms with Crippen LogP contribution in [0.1, 0.15) is 24.1 Å². The molecule has 0 radical (unpaired) electrons. The Hall–Kier alpha value is -1.98. The van der Waals surface area contributed by atoms with Gasteiger partial charge in [-0.15, -0.1) is 0 Å². The molecule has 144 valence electrons. The topological polar surface area (TPSA) is 15.6 Å². The summed E-state index contributed by atoms with van der Waals surface area (Å²) in [6.45, 7) is 1.12. The van der Waals surface area contributed by atoms with E-state index >= 15 is 0 Å². The van der Waals surface area contributed by atoms with Crippen molar-refractivity contribution in [1.82, 2.24) is 0 Å². The van der Waals surface area contributed by atoms with Crippen molar-refractivity contribution in [3.63, 3.8) is 0 Å². The number of rotatable bonds is 2. The average Bonchev–Trinajstić information content (AvgIpc) is 2.74. The molecule has 27 heavy (non-hydrogen) atoms. The van der Waals surface area contributed by atoms with E-state index < -0.39 is 11.7 Å². The number of alkyl halides is 3. The van der Waals surface area contributed by atoms with Crippen LogP contribution in [-0.4, -0.2) is 25.8 Å². The number of hydrogen-bond acceptors (Lipinski definition) is 2. The van der Waals surface area contributed by atoms with E-state index in [9.17, 15) is 13.2 Å². The molecule has 2 nitrogen and oxygen atoms in total. The van der Waals surface area contributed by atoms with Gasteiger partial charge in [-0.2, -0.15) is 13.2 Å². The highest BCUT2D eigenvalue weighted by Crippen LogP contribution is 2.34. The van der Waals surface area contributed by atoms with Gasteiger partial charge >= 0.3 is 6.18 Å². The molecule has 2 aromatic carbocycles. The van der Waals surface area contributed by atoms with E-state index in [1.807, 2.05) is 11.9 Å². The largest absolute Gasteiger partial charge is 0.416 e. The van der Waals surface area contributed by atoms with Crippen LogP contribution in [0.3, 0.4) is 0 Å². The smallest absolute Gasteiger partial charge is 0.372 e. The van der Waals surface area contributed by atoms with Crippen LogP contribution in [0.2, 0.25) is 10.0 Å². The van der Waals surface area contributed by atoms with Crippen LogP contribution in [0, 0.1) is 0 Å². The molecule has 0 bridgehead atoms. The van der Waals surface area contributed by atoms with Crippen molar-refractivity contribution in [2.45, 2.75) is 13.6 Å². The molecule has 0 aliphatic carbocycles. The first-order chi connectivity index (χ1) is 12.3. The molecule has 0 atom stereocenters. The summed E-state index contributed by atoms with van der Waals surface area (Å²) < 4.78 is 39.4. The summed E-state index contributed by atoms with van der Waals surface area (Å²) in [7, 11) is 1.84. The highest BCUT2D eigenvalue weighted by molar-refractivity contribution is 6.42. The van der Waals surface area contributed by atoms with Gasteiger partial charge in [0.15, 0.2) is 0 Å². The van der Waals surface area contributed by atoms with Crippen LogP contribution in [0.15, 0.2) is 47.5 Å². The van der Waals surface area contributed by atoms with Gasteiger partial charge in [-0.05, 0) is 42.0 Å². The molecule has 3 rings (SSSR count). The van der Waals surface area contributed by atoms with Crippen LogP contribution in [0.25, 0.3) is 6.08 Å². The fraction of sp³-hybridized carbons (Fsp3) is 0.250. The van der Waals surface area contributed by atoms with Crippen molar-refractivity contribution in [2.24, 2.45) is 4.99 Å². The van der Waals surface area contributed by atoms with E-state index in [0.717, 1.165) is 17.7 Å². The molecule has 0 spiro atoms. The van der Waals surface area contributed by atoms with Gasteiger partial charge in [-0.3, -0.25) is 4.99 Å². The number of nitrogens with zero attached hydrogens (tertiary/aromatic N) is 2. The third kappa shape index (κ3) is 4.85. The number of likely N-dealkylation sites (N-methyl/N-ethyl adjacent to an activating group) is 1. The Morgan fingerprint density at radius 1 is 1.04 bits per heavy atom. The molecule has 0 saturated heterocycles. The molecule has 0 saturated carbocycles. The van der Waals surface area contributed by atoms with Gasteiger partial charge in [-0.25, -0.2) is 0 Å². The van der Waals surface area contributed by atoms with Crippen molar-refractivity contribution in [3.05, 3.63) is 69.2 Å². The summed E-state index contributed by atoms with van der Waals surface area (Å²) in [5.74, 6) is 0. The Kier molecular flexibility index (Phi) is 6.60. The number of halogens is 5. The fourth-order valence-electron chi connectivity index (χ4n) is 2.71. The predicted molar refractivity (Wildman–Crippen MR) is 108 cm³/mol. The van der Waals surface area contributed by atoms with Crippen molar-refractivity contribution in [2.75, 3.05) is 25.0 Å². The number of fused-ring (bicyclic) bond motifs is 1. The average molecular weight is 415 g/mol. The van der Waals surface area contributed by atoms with Crippen molar-refractivity contribution < 1.29 is 13.2 Å². The molecule has 2 aromatic rings. The minimum atomic E-state index is -4.40. The van der Waals surface area contributed by atoms with Gasteiger partial charge in [0.1, 0.15) is 0 Å². The minimum absolute atomic E-state index is 0. The lowest BCUT2D eigenvalue weighted by molar-refractivity contribution is -0.137. The quantitative estimate of drug-likeness (QED) is 0.540. The first-order valence-corrected chi connectivity index (χ1v) is 8.61. The van der Waals surface area contributed by atoms with E-state index in [4.69, 9.17) is 23.2 Å². The summed E-state index contributed by atoms with van der Waals surface area (Å²) in [6, 6.07) is 8.88. The Labute approximate surface area is 166 Å². The summed E-state index contributed by atoms with van der Waals surface area (Å²) >= 11 is 11.9. The zero-order valence-corrected chi connectivity index (χ0v) is 15.3. The Balaban J connectivity index is 0.00000261. The number of aliphatic imine (C=N–C) groups is 1. The molecule has 1 heterocycles. The molecular weight excluding hydrogens is 396 g/mol. The molecule has 7 heteroatoms. The molecule has 1 aliphatic heterocycles. The first kappa shape index (κ1) is 21.3. The Morgan fingerprint density at radius 3 is 2.44 bits per heavy atom. The standard InChI is InChI=1S/C19H15Cl2F3N2.CH4/c1-26-9-8-25-17(6-3-12-2-5-15(20)16(21)10-12)14-11-13(19(22,23)24)4-7-18(14)26;/h2-7,10-11H,8-9H2,1H3;1H4/b6-3+;. The van der Waals surface area contributed by atoms with Crippen LogP contribution < -0.4 is 4.90 Å².